The Bertz CT molecular complexity index is 682. The summed E-state index contributed by atoms with van der Waals surface area (Å²) in [6, 6.07) is 5.96. The summed E-state index contributed by atoms with van der Waals surface area (Å²) in [5.41, 5.74) is 0.433. The fraction of sp³-hybridized carbons (Fsp3) is 0.588. The first-order valence-electron chi connectivity index (χ1n) is 8.16. The van der Waals surface area contributed by atoms with Crippen LogP contribution >= 0.6 is 0 Å². The number of likely N-dealkylation sites (tertiary alicyclic amines) is 1. The van der Waals surface area contributed by atoms with E-state index in [2.05, 4.69) is 6.92 Å². The molecule has 0 spiro atoms. The lowest BCUT2D eigenvalue weighted by molar-refractivity contribution is -0.133. The van der Waals surface area contributed by atoms with Gasteiger partial charge in [-0.05, 0) is 37.8 Å². The third kappa shape index (κ3) is 4.20. The Labute approximate surface area is 144 Å². The first kappa shape index (κ1) is 18.6. The number of sulfonamides is 1. The van der Waals surface area contributed by atoms with Gasteiger partial charge in [0.2, 0.25) is 15.9 Å². The molecule has 134 valence electrons. The van der Waals surface area contributed by atoms with Crippen LogP contribution in [-0.4, -0.2) is 51.7 Å². The lowest BCUT2D eigenvalue weighted by Crippen LogP contribution is -2.51. The van der Waals surface area contributed by atoms with Gasteiger partial charge in [0, 0.05) is 19.2 Å². The Balaban J connectivity index is 2.29. The van der Waals surface area contributed by atoms with E-state index in [1.54, 1.807) is 36.1 Å². The van der Waals surface area contributed by atoms with Gasteiger partial charge in [-0.2, -0.15) is 0 Å². The van der Waals surface area contributed by atoms with Crippen LogP contribution in [0.5, 0.6) is 5.75 Å². The number of piperidine rings is 1. The van der Waals surface area contributed by atoms with Crippen molar-refractivity contribution in [2.45, 2.75) is 32.7 Å². The van der Waals surface area contributed by atoms with Crippen LogP contribution in [0.15, 0.2) is 24.3 Å². The van der Waals surface area contributed by atoms with Crippen molar-refractivity contribution in [2.24, 2.45) is 5.92 Å². The number of hydrogen-bond acceptors (Lipinski definition) is 4. The molecule has 0 aromatic heterocycles. The maximum atomic E-state index is 12.8. The summed E-state index contributed by atoms with van der Waals surface area (Å²) < 4.78 is 31.0. The molecule has 1 aliphatic rings. The third-order valence-corrected chi connectivity index (χ3v) is 5.71. The summed E-state index contributed by atoms with van der Waals surface area (Å²) in [7, 11) is -2.09. The minimum Gasteiger partial charge on any atom is -0.497 e. The molecule has 1 aromatic carbocycles. The summed E-state index contributed by atoms with van der Waals surface area (Å²) in [4.78, 5) is 14.6. The van der Waals surface area contributed by atoms with Gasteiger partial charge in [0.05, 0.1) is 19.1 Å². The van der Waals surface area contributed by atoms with Crippen molar-refractivity contribution in [3.05, 3.63) is 24.3 Å². The molecule has 7 heteroatoms. The molecule has 6 nitrogen and oxygen atoms in total. The van der Waals surface area contributed by atoms with Crippen molar-refractivity contribution in [3.63, 3.8) is 0 Å². The second kappa shape index (κ2) is 7.42. The zero-order valence-electron chi connectivity index (χ0n) is 14.7. The normalized spacial score (nSPS) is 17.4. The van der Waals surface area contributed by atoms with Crippen LogP contribution in [0.2, 0.25) is 0 Å². The highest BCUT2D eigenvalue weighted by atomic mass is 32.2. The van der Waals surface area contributed by atoms with Crippen molar-refractivity contribution in [3.8, 4) is 5.75 Å². The zero-order valence-corrected chi connectivity index (χ0v) is 15.5. The predicted octanol–water partition coefficient (Wildman–Crippen LogP) is 2.11. The fourth-order valence-corrected chi connectivity index (χ4v) is 4.20. The SMILES string of the molecule is COc1cccc(N([C@@H](C)C(=O)N2CCC(C)CC2)S(C)(=O)=O)c1. The molecule has 0 N–H and O–H groups in total. The molecule has 1 saturated heterocycles. The number of rotatable bonds is 5. The van der Waals surface area contributed by atoms with Crippen molar-refractivity contribution in [1.82, 2.24) is 4.90 Å². The minimum absolute atomic E-state index is 0.157. The van der Waals surface area contributed by atoms with Crippen LogP contribution in [0.25, 0.3) is 0 Å². The highest BCUT2D eigenvalue weighted by Gasteiger charge is 2.33. The molecular formula is C17H26N2O4S. The number of carbonyl (C=O) groups excluding carboxylic acids is 1. The van der Waals surface area contributed by atoms with Crippen LogP contribution in [0, 0.1) is 5.92 Å². The molecule has 0 bridgehead atoms. The summed E-state index contributed by atoms with van der Waals surface area (Å²) in [6.45, 7) is 5.17. The summed E-state index contributed by atoms with van der Waals surface area (Å²) in [5, 5.41) is 0. The van der Waals surface area contributed by atoms with E-state index in [1.807, 2.05) is 0 Å². The lowest BCUT2D eigenvalue weighted by atomic mass is 9.99. The van der Waals surface area contributed by atoms with Gasteiger partial charge in [0.15, 0.2) is 0 Å². The van der Waals surface area contributed by atoms with E-state index < -0.39 is 16.1 Å². The monoisotopic (exact) mass is 354 g/mol. The van der Waals surface area contributed by atoms with Crippen molar-refractivity contribution >= 4 is 21.6 Å². The maximum Gasteiger partial charge on any atom is 0.246 e. The number of nitrogens with zero attached hydrogens (tertiary/aromatic N) is 2. The third-order valence-electron chi connectivity index (χ3n) is 4.47. The van der Waals surface area contributed by atoms with Crippen LogP contribution in [0.1, 0.15) is 26.7 Å². The number of ether oxygens (including phenoxy) is 1. The van der Waals surface area contributed by atoms with Crippen LogP contribution in [-0.2, 0) is 14.8 Å². The predicted molar refractivity (Wildman–Crippen MR) is 94.8 cm³/mol. The standard InChI is InChI=1S/C17H26N2O4S/c1-13-8-10-18(11-9-13)17(20)14(2)19(24(4,21)22)15-6-5-7-16(12-15)23-3/h5-7,12-14H,8-11H2,1-4H3/t14-/m0/s1. The summed E-state index contributed by atoms with van der Waals surface area (Å²) in [6.07, 6.45) is 3.03. The van der Waals surface area contributed by atoms with Crippen molar-refractivity contribution in [1.29, 1.82) is 0 Å². The number of anilines is 1. The molecule has 1 atom stereocenters. The van der Waals surface area contributed by atoms with E-state index in [9.17, 15) is 13.2 Å². The van der Waals surface area contributed by atoms with Gasteiger partial charge in [0.1, 0.15) is 11.8 Å². The highest BCUT2D eigenvalue weighted by molar-refractivity contribution is 7.92. The molecule has 0 aliphatic carbocycles. The number of carbonyl (C=O) groups is 1. The van der Waals surface area contributed by atoms with E-state index in [4.69, 9.17) is 4.74 Å². The molecule has 0 unspecified atom stereocenters. The average molecular weight is 354 g/mol. The van der Waals surface area contributed by atoms with Crippen molar-refractivity contribution < 1.29 is 17.9 Å². The van der Waals surface area contributed by atoms with Gasteiger partial charge in [-0.1, -0.05) is 13.0 Å². The van der Waals surface area contributed by atoms with Crippen LogP contribution in [0.3, 0.4) is 0 Å². The Kier molecular flexibility index (Phi) is 5.74. The van der Waals surface area contributed by atoms with Gasteiger partial charge in [-0.15, -0.1) is 0 Å². The Morgan fingerprint density at radius 3 is 2.50 bits per heavy atom. The van der Waals surface area contributed by atoms with Gasteiger partial charge in [-0.25, -0.2) is 8.42 Å². The van der Waals surface area contributed by atoms with E-state index in [-0.39, 0.29) is 5.91 Å². The molecule has 2 rings (SSSR count). The number of amides is 1. The van der Waals surface area contributed by atoms with Gasteiger partial charge in [-0.3, -0.25) is 9.10 Å². The summed E-state index contributed by atoms with van der Waals surface area (Å²) >= 11 is 0. The topological polar surface area (TPSA) is 66.9 Å². The average Bonchev–Trinajstić information content (AvgIpc) is 2.54. The number of benzene rings is 1. The van der Waals surface area contributed by atoms with Gasteiger partial charge >= 0.3 is 0 Å². The van der Waals surface area contributed by atoms with E-state index in [1.165, 1.54) is 11.4 Å². The Morgan fingerprint density at radius 1 is 1.33 bits per heavy atom. The first-order chi connectivity index (χ1) is 11.2. The van der Waals surface area contributed by atoms with E-state index in [0.717, 1.165) is 19.1 Å². The number of hydrogen-bond donors (Lipinski definition) is 0. The van der Waals surface area contributed by atoms with Crippen molar-refractivity contribution in [2.75, 3.05) is 30.8 Å². The molecule has 0 radical (unpaired) electrons. The van der Waals surface area contributed by atoms with Crippen LogP contribution < -0.4 is 9.04 Å². The molecule has 1 heterocycles. The summed E-state index contributed by atoms with van der Waals surface area (Å²) in [5.74, 6) is 0.997. The van der Waals surface area contributed by atoms with Gasteiger partial charge < -0.3 is 9.64 Å². The second-order valence-corrected chi connectivity index (χ2v) is 8.30. The first-order valence-corrected chi connectivity index (χ1v) is 10.0. The Hall–Kier alpha value is -1.76. The molecule has 1 amide bonds. The highest BCUT2D eigenvalue weighted by Crippen LogP contribution is 2.26. The molecule has 1 fully saturated rings. The maximum absolute atomic E-state index is 12.8. The van der Waals surface area contributed by atoms with Gasteiger partial charge in [0.25, 0.3) is 0 Å². The number of methoxy groups -OCH3 is 1. The second-order valence-electron chi connectivity index (χ2n) is 6.44. The largest absolute Gasteiger partial charge is 0.497 e. The van der Waals surface area contributed by atoms with E-state index >= 15 is 0 Å². The molecule has 0 saturated carbocycles. The molecular weight excluding hydrogens is 328 g/mol. The molecule has 24 heavy (non-hydrogen) atoms. The van der Waals surface area contributed by atoms with E-state index in [0.29, 0.717) is 30.4 Å². The van der Waals surface area contributed by atoms with Crippen LogP contribution in [0.4, 0.5) is 5.69 Å². The minimum atomic E-state index is -3.61. The fourth-order valence-electron chi connectivity index (χ4n) is 3.04. The quantitative estimate of drug-likeness (QED) is 0.812. The zero-order chi connectivity index (χ0) is 17.9. The smallest absolute Gasteiger partial charge is 0.246 e. The molecule has 1 aliphatic heterocycles. The molecule has 1 aromatic rings. The lowest BCUT2D eigenvalue weighted by Gasteiger charge is -2.36. The Morgan fingerprint density at radius 2 is 1.96 bits per heavy atom.